The number of carbonyl (C=O) groups is 1. The largest absolute Gasteiger partial charge is 0.379 e. The molecule has 0 saturated heterocycles. The van der Waals surface area contributed by atoms with Crippen LogP contribution in [0, 0.1) is 0 Å². The molecule has 5 nitrogen and oxygen atoms in total. The summed E-state index contributed by atoms with van der Waals surface area (Å²) in [5, 5.41) is 3.58. The molecule has 1 saturated carbocycles. The SMILES string of the molecule is CC(N)=O.[B]C1CCC(Nc2c[nH]c3cccnc23)CC1. The summed E-state index contributed by atoms with van der Waals surface area (Å²) < 4.78 is 0. The van der Waals surface area contributed by atoms with E-state index in [1.165, 1.54) is 6.92 Å². The van der Waals surface area contributed by atoms with Crippen LogP contribution in [0.2, 0.25) is 5.82 Å². The number of fused-ring (bicyclic) bond motifs is 1. The molecular formula is C15H21BN4O. The molecule has 0 aromatic carbocycles. The molecule has 0 bridgehead atoms. The van der Waals surface area contributed by atoms with E-state index in [2.05, 4.69) is 21.0 Å². The van der Waals surface area contributed by atoms with Crippen LogP contribution in [0.1, 0.15) is 32.6 Å². The first-order valence-electron chi connectivity index (χ1n) is 7.26. The number of amides is 1. The van der Waals surface area contributed by atoms with Gasteiger partial charge in [-0.05, 0) is 25.0 Å². The van der Waals surface area contributed by atoms with Crippen LogP contribution < -0.4 is 11.1 Å². The van der Waals surface area contributed by atoms with Gasteiger partial charge in [0.15, 0.2) is 0 Å². The molecule has 0 spiro atoms. The Morgan fingerprint density at radius 2 is 2.10 bits per heavy atom. The zero-order chi connectivity index (χ0) is 15.2. The van der Waals surface area contributed by atoms with E-state index in [0.29, 0.717) is 11.9 Å². The Labute approximate surface area is 126 Å². The van der Waals surface area contributed by atoms with Crippen LogP contribution in [-0.2, 0) is 4.79 Å². The second kappa shape index (κ2) is 7.15. The van der Waals surface area contributed by atoms with E-state index in [1.807, 2.05) is 24.5 Å². The van der Waals surface area contributed by atoms with Gasteiger partial charge in [0.25, 0.3) is 0 Å². The minimum atomic E-state index is -0.333. The zero-order valence-corrected chi connectivity index (χ0v) is 12.3. The summed E-state index contributed by atoms with van der Waals surface area (Å²) in [6.07, 6.45) is 8.38. The maximum absolute atomic E-state index is 9.22. The maximum atomic E-state index is 9.22. The number of nitrogens with one attached hydrogen (secondary N) is 2. The summed E-state index contributed by atoms with van der Waals surface area (Å²) in [4.78, 5) is 16.9. The Morgan fingerprint density at radius 1 is 1.43 bits per heavy atom. The van der Waals surface area contributed by atoms with Crippen molar-refractivity contribution in [2.45, 2.75) is 44.5 Å². The van der Waals surface area contributed by atoms with Crippen LogP contribution in [0.5, 0.6) is 0 Å². The maximum Gasteiger partial charge on any atom is 0.214 e. The van der Waals surface area contributed by atoms with Crippen molar-refractivity contribution >= 4 is 30.5 Å². The molecule has 1 aliphatic rings. The lowest BCUT2D eigenvalue weighted by atomic mass is 9.74. The highest BCUT2D eigenvalue weighted by atomic mass is 16.1. The van der Waals surface area contributed by atoms with E-state index >= 15 is 0 Å². The summed E-state index contributed by atoms with van der Waals surface area (Å²) in [5.41, 5.74) is 7.70. The summed E-state index contributed by atoms with van der Waals surface area (Å²) in [7, 11) is 5.91. The van der Waals surface area contributed by atoms with E-state index in [0.717, 1.165) is 42.4 Å². The van der Waals surface area contributed by atoms with Crippen LogP contribution in [-0.4, -0.2) is 29.8 Å². The molecule has 2 radical (unpaired) electrons. The first kappa shape index (κ1) is 15.4. The van der Waals surface area contributed by atoms with Gasteiger partial charge in [-0.2, -0.15) is 0 Å². The normalized spacial score (nSPS) is 21.4. The van der Waals surface area contributed by atoms with Gasteiger partial charge in [-0.15, -0.1) is 0 Å². The number of carbonyl (C=O) groups excluding carboxylic acids is 1. The first-order valence-corrected chi connectivity index (χ1v) is 7.26. The van der Waals surface area contributed by atoms with E-state index < -0.39 is 0 Å². The Bertz CT molecular complexity index is 586. The molecule has 6 heteroatoms. The minimum absolute atomic E-state index is 0.333. The molecular weight excluding hydrogens is 263 g/mol. The van der Waals surface area contributed by atoms with Crippen molar-refractivity contribution in [3.8, 4) is 0 Å². The molecule has 2 aromatic heterocycles. The van der Waals surface area contributed by atoms with Crippen LogP contribution in [0.15, 0.2) is 24.5 Å². The molecule has 110 valence electrons. The van der Waals surface area contributed by atoms with Crippen molar-refractivity contribution in [1.29, 1.82) is 0 Å². The van der Waals surface area contributed by atoms with Gasteiger partial charge in [0.2, 0.25) is 5.91 Å². The fraction of sp³-hybridized carbons (Fsp3) is 0.467. The van der Waals surface area contributed by atoms with Crippen LogP contribution >= 0.6 is 0 Å². The van der Waals surface area contributed by atoms with Gasteiger partial charge in [-0.25, -0.2) is 0 Å². The highest BCUT2D eigenvalue weighted by molar-refractivity contribution is 6.11. The van der Waals surface area contributed by atoms with Gasteiger partial charge in [0.05, 0.1) is 19.1 Å². The lowest BCUT2D eigenvalue weighted by molar-refractivity contribution is -0.115. The number of nitrogens with two attached hydrogens (primary N) is 1. The molecule has 2 heterocycles. The standard InChI is InChI=1S/C13H16BN3.C2H5NO/c14-9-3-5-10(6-4-9)17-12-8-16-11-2-1-7-15-13(11)12;1-2(3)4/h1-2,7-10,16-17H,3-6H2;1H3,(H2,3,4). The molecule has 3 rings (SSSR count). The van der Waals surface area contributed by atoms with Crippen molar-refractivity contribution in [1.82, 2.24) is 9.97 Å². The third-order valence-corrected chi connectivity index (χ3v) is 3.57. The van der Waals surface area contributed by atoms with E-state index in [-0.39, 0.29) is 5.91 Å². The number of pyridine rings is 1. The number of hydrogen-bond acceptors (Lipinski definition) is 3. The number of nitrogens with zero attached hydrogens (tertiary/aromatic N) is 1. The van der Waals surface area contributed by atoms with Gasteiger partial charge >= 0.3 is 0 Å². The lowest BCUT2D eigenvalue weighted by Crippen LogP contribution is -2.24. The number of H-pyrrole nitrogens is 1. The summed E-state index contributed by atoms with van der Waals surface area (Å²) in [6.45, 7) is 1.31. The Morgan fingerprint density at radius 3 is 2.76 bits per heavy atom. The average molecular weight is 284 g/mol. The number of rotatable bonds is 2. The predicted molar refractivity (Wildman–Crippen MR) is 86.3 cm³/mol. The number of anilines is 1. The Kier molecular flexibility index (Phi) is 5.25. The van der Waals surface area contributed by atoms with Gasteiger partial charge in [-0.1, -0.05) is 18.7 Å². The molecule has 4 N–H and O–H groups in total. The smallest absolute Gasteiger partial charge is 0.214 e. The van der Waals surface area contributed by atoms with Crippen LogP contribution in [0.4, 0.5) is 5.69 Å². The topological polar surface area (TPSA) is 83.8 Å². The second-order valence-electron chi connectivity index (χ2n) is 5.47. The minimum Gasteiger partial charge on any atom is -0.379 e. The highest BCUT2D eigenvalue weighted by Gasteiger charge is 2.18. The van der Waals surface area contributed by atoms with Crippen molar-refractivity contribution in [3.05, 3.63) is 24.5 Å². The molecule has 0 aliphatic heterocycles. The van der Waals surface area contributed by atoms with Gasteiger partial charge in [-0.3, -0.25) is 9.78 Å². The summed E-state index contributed by atoms with van der Waals surface area (Å²) >= 11 is 0. The summed E-state index contributed by atoms with van der Waals surface area (Å²) in [6, 6.07) is 4.53. The predicted octanol–water partition coefficient (Wildman–Crippen LogP) is 2.37. The number of primary amides is 1. The summed E-state index contributed by atoms with van der Waals surface area (Å²) in [5.74, 6) is 0.0640. The highest BCUT2D eigenvalue weighted by Crippen LogP contribution is 2.29. The van der Waals surface area contributed by atoms with Crippen molar-refractivity contribution < 1.29 is 4.79 Å². The Hall–Kier alpha value is -1.98. The third-order valence-electron chi connectivity index (χ3n) is 3.57. The monoisotopic (exact) mass is 284 g/mol. The van der Waals surface area contributed by atoms with Crippen molar-refractivity contribution in [2.75, 3.05) is 5.32 Å². The third kappa shape index (κ3) is 4.51. The number of hydrogen-bond donors (Lipinski definition) is 3. The van der Waals surface area contributed by atoms with Gasteiger partial charge in [0, 0.05) is 25.4 Å². The fourth-order valence-electron chi connectivity index (χ4n) is 2.55. The molecule has 0 atom stereocenters. The zero-order valence-electron chi connectivity index (χ0n) is 12.3. The molecule has 21 heavy (non-hydrogen) atoms. The van der Waals surface area contributed by atoms with Gasteiger partial charge < -0.3 is 16.0 Å². The number of aromatic amines is 1. The molecule has 1 aliphatic carbocycles. The Balaban J connectivity index is 0.000000361. The molecule has 1 amide bonds. The van der Waals surface area contributed by atoms with Crippen molar-refractivity contribution in [2.24, 2.45) is 5.73 Å². The van der Waals surface area contributed by atoms with Crippen LogP contribution in [0.3, 0.4) is 0 Å². The van der Waals surface area contributed by atoms with E-state index in [9.17, 15) is 4.79 Å². The number of aromatic nitrogens is 2. The lowest BCUT2D eigenvalue weighted by Gasteiger charge is -2.27. The molecule has 0 unspecified atom stereocenters. The van der Waals surface area contributed by atoms with E-state index in [4.69, 9.17) is 7.85 Å². The van der Waals surface area contributed by atoms with Crippen LogP contribution in [0.25, 0.3) is 11.0 Å². The average Bonchev–Trinajstić information content (AvgIpc) is 2.84. The van der Waals surface area contributed by atoms with Crippen molar-refractivity contribution in [3.63, 3.8) is 0 Å². The quantitative estimate of drug-likeness (QED) is 0.740. The second-order valence-corrected chi connectivity index (χ2v) is 5.47. The van der Waals surface area contributed by atoms with Gasteiger partial charge in [0.1, 0.15) is 5.52 Å². The van der Waals surface area contributed by atoms with E-state index in [1.54, 1.807) is 0 Å². The fourth-order valence-corrected chi connectivity index (χ4v) is 2.55. The first-order chi connectivity index (χ1) is 10.1. The molecule has 2 aromatic rings. The molecule has 1 fully saturated rings.